The van der Waals surface area contributed by atoms with E-state index in [4.69, 9.17) is 18.9 Å². The van der Waals surface area contributed by atoms with E-state index in [0.29, 0.717) is 43.7 Å². The van der Waals surface area contributed by atoms with Gasteiger partial charge in [-0.2, -0.15) is 0 Å². The Hall–Kier alpha value is -4.37. The number of carbonyl (C=O) groups excluding carboxylic acids is 1. The standard InChI is InChI=1S/C31H32N4O5/c1-37-29-12-10-26-30(33-29)23(13-14-32-26)8-5-15-34(19-22-6-3-2-4-7-22)20-25-21-40-31(36)35(25)24-9-11-27-28(18-24)39-17-16-38-27/h2-4,6-7,9-14,18,25H,5,8,15-17,19-21H2,1H3/t25-/m0/s1. The highest BCUT2D eigenvalue weighted by Crippen LogP contribution is 2.36. The van der Waals surface area contributed by atoms with Gasteiger partial charge in [-0.05, 0) is 54.8 Å². The molecular formula is C31H32N4O5. The van der Waals surface area contributed by atoms with E-state index in [1.54, 1.807) is 12.0 Å². The number of aromatic nitrogens is 2. The Morgan fingerprint density at radius 2 is 1.85 bits per heavy atom. The summed E-state index contributed by atoms with van der Waals surface area (Å²) >= 11 is 0. The lowest BCUT2D eigenvalue weighted by Crippen LogP contribution is -2.43. The van der Waals surface area contributed by atoms with Gasteiger partial charge in [-0.3, -0.25) is 14.8 Å². The molecule has 0 bridgehead atoms. The number of amides is 1. The zero-order valence-electron chi connectivity index (χ0n) is 22.5. The third kappa shape index (κ3) is 5.65. The molecule has 0 saturated carbocycles. The van der Waals surface area contributed by atoms with Crippen molar-refractivity contribution in [3.63, 3.8) is 0 Å². The highest BCUT2D eigenvalue weighted by molar-refractivity contribution is 5.90. The number of anilines is 1. The molecule has 9 heteroatoms. The van der Waals surface area contributed by atoms with Crippen LogP contribution in [0.2, 0.25) is 0 Å². The van der Waals surface area contributed by atoms with Crippen LogP contribution in [0, 0.1) is 0 Å². The van der Waals surface area contributed by atoms with E-state index in [0.717, 1.165) is 48.2 Å². The molecule has 1 amide bonds. The van der Waals surface area contributed by atoms with Crippen molar-refractivity contribution in [3.8, 4) is 17.4 Å². The first-order valence-corrected chi connectivity index (χ1v) is 13.6. The summed E-state index contributed by atoms with van der Waals surface area (Å²) in [7, 11) is 1.62. The van der Waals surface area contributed by atoms with Crippen molar-refractivity contribution in [2.24, 2.45) is 0 Å². The molecule has 2 aromatic carbocycles. The second-order valence-electron chi connectivity index (χ2n) is 9.94. The third-order valence-corrected chi connectivity index (χ3v) is 7.25. The average molecular weight is 541 g/mol. The summed E-state index contributed by atoms with van der Waals surface area (Å²) in [6, 6.07) is 21.7. The molecule has 0 N–H and O–H groups in total. The molecule has 2 aromatic heterocycles. The number of ether oxygens (including phenoxy) is 4. The second kappa shape index (κ2) is 11.8. The zero-order valence-corrected chi connectivity index (χ0v) is 22.5. The highest BCUT2D eigenvalue weighted by atomic mass is 16.6. The zero-order chi connectivity index (χ0) is 27.3. The van der Waals surface area contributed by atoms with E-state index in [1.807, 2.05) is 48.7 Å². The molecule has 2 aliphatic rings. The summed E-state index contributed by atoms with van der Waals surface area (Å²) in [4.78, 5) is 26.1. The molecule has 2 aliphatic heterocycles. The van der Waals surface area contributed by atoms with Crippen molar-refractivity contribution in [1.82, 2.24) is 14.9 Å². The molecule has 1 atom stereocenters. The molecule has 0 spiro atoms. The van der Waals surface area contributed by atoms with E-state index < -0.39 is 0 Å². The number of hydrogen-bond acceptors (Lipinski definition) is 8. The largest absolute Gasteiger partial charge is 0.486 e. The van der Waals surface area contributed by atoms with Gasteiger partial charge in [0.2, 0.25) is 5.88 Å². The second-order valence-corrected chi connectivity index (χ2v) is 9.94. The van der Waals surface area contributed by atoms with Gasteiger partial charge in [0.05, 0.1) is 29.9 Å². The maximum atomic E-state index is 12.9. The van der Waals surface area contributed by atoms with Gasteiger partial charge in [-0.25, -0.2) is 9.78 Å². The number of nitrogens with zero attached hydrogens (tertiary/aromatic N) is 4. The fourth-order valence-electron chi connectivity index (χ4n) is 5.34. The average Bonchev–Trinajstić information content (AvgIpc) is 3.36. The molecule has 9 nitrogen and oxygen atoms in total. The molecule has 1 fully saturated rings. The first-order chi connectivity index (χ1) is 19.7. The molecule has 6 rings (SSSR count). The van der Waals surface area contributed by atoms with Crippen LogP contribution in [0.25, 0.3) is 11.0 Å². The molecule has 0 aliphatic carbocycles. The Bertz CT molecular complexity index is 1480. The van der Waals surface area contributed by atoms with Crippen molar-refractivity contribution < 1.29 is 23.7 Å². The van der Waals surface area contributed by atoms with Gasteiger partial charge in [0.15, 0.2) is 11.5 Å². The van der Waals surface area contributed by atoms with Crippen molar-refractivity contribution in [3.05, 3.63) is 84.1 Å². The van der Waals surface area contributed by atoms with Crippen LogP contribution in [0.3, 0.4) is 0 Å². The summed E-state index contributed by atoms with van der Waals surface area (Å²) in [5.41, 5.74) is 4.84. The molecule has 0 unspecified atom stereocenters. The Kier molecular flexibility index (Phi) is 7.63. The minimum Gasteiger partial charge on any atom is -0.486 e. The van der Waals surface area contributed by atoms with E-state index >= 15 is 0 Å². The van der Waals surface area contributed by atoms with Crippen molar-refractivity contribution in [2.45, 2.75) is 25.4 Å². The Morgan fingerprint density at radius 3 is 2.70 bits per heavy atom. The lowest BCUT2D eigenvalue weighted by Gasteiger charge is -2.29. The van der Waals surface area contributed by atoms with E-state index in [-0.39, 0.29) is 12.1 Å². The van der Waals surface area contributed by atoms with Gasteiger partial charge in [0.25, 0.3) is 0 Å². The van der Waals surface area contributed by atoms with E-state index in [9.17, 15) is 4.79 Å². The lowest BCUT2D eigenvalue weighted by molar-refractivity contribution is 0.171. The first kappa shape index (κ1) is 25.9. The number of carbonyl (C=O) groups is 1. The monoisotopic (exact) mass is 540 g/mol. The van der Waals surface area contributed by atoms with Gasteiger partial charge in [-0.1, -0.05) is 30.3 Å². The molecule has 4 aromatic rings. The van der Waals surface area contributed by atoms with E-state index in [2.05, 4.69) is 39.1 Å². The van der Waals surface area contributed by atoms with Gasteiger partial charge in [-0.15, -0.1) is 0 Å². The van der Waals surface area contributed by atoms with Crippen LogP contribution in [0.1, 0.15) is 17.5 Å². The highest BCUT2D eigenvalue weighted by Gasteiger charge is 2.36. The predicted molar refractivity (Wildman–Crippen MR) is 151 cm³/mol. The summed E-state index contributed by atoms with van der Waals surface area (Å²) < 4.78 is 22.3. The van der Waals surface area contributed by atoms with Crippen LogP contribution in [-0.2, 0) is 17.7 Å². The Labute approximate surface area is 233 Å². The summed E-state index contributed by atoms with van der Waals surface area (Å²) in [5.74, 6) is 1.93. The molecule has 4 heterocycles. The van der Waals surface area contributed by atoms with Crippen LogP contribution >= 0.6 is 0 Å². The Balaban J connectivity index is 1.19. The van der Waals surface area contributed by atoms with Crippen LogP contribution in [0.5, 0.6) is 17.4 Å². The topological polar surface area (TPSA) is 86.3 Å². The first-order valence-electron chi connectivity index (χ1n) is 13.6. The number of fused-ring (bicyclic) bond motifs is 2. The number of rotatable bonds is 10. The molecule has 0 radical (unpaired) electrons. The van der Waals surface area contributed by atoms with E-state index in [1.165, 1.54) is 5.56 Å². The smallest absolute Gasteiger partial charge is 0.414 e. The quantitative estimate of drug-likeness (QED) is 0.282. The summed E-state index contributed by atoms with van der Waals surface area (Å²) in [6.07, 6.45) is 3.25. The number of pyridine rings is 2. The van der Waals surface area contributed by atoms with Gasteiger partial charge in [0, 0.05) is 31.4 Å². The minimum absolute atomic E-state index is 0.133. The molecular weight excluding hydrogens is 508 g/mol. The fraction of sp³-hybridized carbons (Fsp3) is 0.323. The van der Waals surface area contributed by atoms with Crippen molar-refractivity contribution in [2.75, 3.05) is 44.9 Å². The number of aryl methyl sites for hydroxylation is 1. The summed E-state index contributed by atoms with van der Waals surface area (Å²) in [5, 5.41) is 0. The summed E-state index contributed by atoms with van der Waals surface area (Å²) in [6.45, 7) is 3.61. The van der Waals surface area contributed by atoms with Gasteiger partial charge in [0.1, 0.15) is 19.8 Å². The molecule has 40 heavy (non-hydrogen) atoms. The van der Waals surface area contributed by atoms with Crippen LogP contribution in [0.15, 0.2) is 72.9 Å². The lowest BCUT2D eigenvalue weighted by atomic mass is 10.1. The third-order valence-electron chi connectivity index (χ3n) is 7.25. The van der Waals surface area contributed by atoms with Crippen molar-refractivity contribution >= 4 is 22.8 Å². The number of hydrogen-bond donors (Lipinski definition) is 0. The van der Waals surface area contributed by atoms with Crippen LogP contribution in [-0.4, -0.2) is 67.0 Å². The Morgan fingerprint density at radius 1 is 1.00 bits per heavy atom. The number of cyclic esters (lactones) is 1. The van der Waals surface area contributed by atoms with Gasteiger partial charge < -0.3 is 18.9 Å². The molecule has 206 valence electrons. The van der Waals surface area contributed by atoms with Crippen LogP contribution in [0.4, 0.5) is 10.5 Å². The predicted octanol–water partition coefficient (Wildman–Crippen LogP) is 4.87. The van der Waals surface area contributed by atoms with Gasteiger partial charge >= 0.3 is 6.09 Å². The normalized spacial score (nSPS) is 16.4. The minimum atomic E-state index is -0.343. The molecule has 1 saturated heterocycles. The maximum Gasteiger partial charge on any atom is 0.414 e. The SMILES string of the molecule is COc1ccc2nccc(CCCN(Cc3ccccc3)C[C@H]3COC(=O)N3c3ccc4c(c3)OCCO4)c2n1. The van der Waals surface area contributed by atoms with Crippen LogP contribution < -0.4 is 19.1 Å². The fourth-order valence-corrected chi connectivity index (χ4v) is 5.34. The number of methoxy groups -OCH3 is 1. The van der Waals surface area contributed by atoms with Crippen molar-refractivity contribution in [1.29, 1.82) is 0 Å². The number of benzene rings is 2. The maximum absolute atomic E-state index is 12.9.